The molecule has 8 nitrogen and oxygen atoms in total. The molecule has 1 heterocycles. The standard InChI is InChI=1S/C23H19F2N5O3/c24-14-1-3-15(4-2-14)28-23(32)29-16-5-8-21(18(25)11-16)33-17-6-7-19-20(12-17)30-22(13-27-19)26-9-10-31/h1-8,11-13,31H,9-10H2,(H,26,30)(H2,28,29,32). The quantitative estimate of drug-likeness (QED) is 0.323. The second-order valence-electron chi connectivity index (χ2n) is 6.89. The Morgan fingerprint density at radius 2 is 1.70 bits per heavy atom. The first-order valence-corrected chi connectivity index (χ1v) is 9.93. The van der Waals surface area contributed by atoms with Crippen molar-refractivity contribution in [3.63, 3.8) is 0 Å². The first kappa shape index (κ1) is 21.9. The van der Waals surface area contributed by atoms with E-state index in [1.807, 2.05) is 0 Å². The molecule has 0 aliphatic rings. The van der Waals surface area contributed by atoms with Gasteiger partial charge in [0.15, 0.2) is 11.6 Å². The highest BCUT2D eigenvalue weighted by Crippen LogP contribution is 2.28. The van der Waals surface area contributed by atoms with Gasteiger partial charge in [-0.3, -0.25) is 4.98 Å². The molecule has 0 aliphatic heterocycles. The number of aromatic nitrogens is 2. The van der Waals surface area contributed by atoms with Gasteiger partial charge in [-0.1, -0.05) is 0 Å². The third-order valence-electron chi connectivity index (χ3n) is 4.45. The molecule has 1 aromatic heterocycles. The molecule has 0 saturated heterocycles. The number of ether oxygens (including phenoxy) is 1. The van der Waals surface area contributed by atoms with Crippen LogP contribution in [0.2, 0.25) is 0 Å². The van der Waals surface area contributed by atoms with Crippen molar-refractivity contribution in [2.45, 2.75) is 0 Å². The number of benzene rings is 3. The number of aliphatic hydroxyl groups is 1. The molecule has 0 fully saturated rings. The van der Waals surface area contributed by atoms with Crippen LogP contribution in [0.5, 0.6) is 11.5 Å². The van der Waals surface area contributed by atoms with Gasteiger partial charge < -0.3 is 25.8 Å². The Labute approximate surface area is 187 Å². The lowest BCUT2D eigenvalue weighted by Crippen LogP contribution is -2.19. The molecule has 0 spiro atoms. The number of nitrogens with zero attached hydrogens (tertiary/aromatic N) is 2. The zero-order valence-corrected chi connectivity index (χ0v) is 17.2. The molecule has 4 aromatic rings. The van der Waals surface area contributed by atoms with Crippen molar-refractivity contribution in [1.82, 2.24) is 9.97 Å². The van der Waals surface area contributed by atoms with Gasteiger partial charge in [0.1, 0.15) is 17.4 Å². The minimum Gasteiger partial charge on any atom is -0.454 e. The molecule has 4 N–H and O–H groups in total. The third kappa shape index (κ3) is 5.69. The normalized spacial score (nSPS) is 10.6. The lowest BCUT2D eigenvalue weighted by atomic mass is 10.2. The number of halogens is 2. The molecule has 10 heteroatoms. The Morgan fingerprint density at radius 3 is 2.45 bits per heavy atom. The second-order valence-corrected chi connectivity index (χ2v) is 6.89. The van der Waals surface area contributed by atoms with Crippen LogP contribution in [-0.4, -0.2) is 34.3 Å². The maximum absolute atomic E-state index is 14.6. The molecule has 4 rings (SSSR count). The number of hydrogen-bond acceptors (Lipinski definition) is 6. The van der Waals surface area contributed by atoms with Crippen LogP contribution < -0.4 is 20.7 Å². The summed E-state index contributed by atoms with van der Waals surface area (Å²) in [5.74, 6) is -0.296. The Morgan fingerprint density at radius 1 is 0.939 bits per heavy atom. The van der Waals surface area contributed by atoms with E-state index in [1.165, 1.54) is 36.4 Å². The van der Waals surface area contributed by atoms with Crippen LogP contribution >= 0.6 is 0 Å². The van der Waals surface area contributed by atoms with E-state index in [0.29, 0.717) is 34.8 Å². The molecule has 0 unspecified atom stereocenters. The van der Waals surface area contributed by atoms with Gasteiger partial charge in [0.05, 0.1) is 23.8 Å². The molecular weight excluding hydrogens is 432 g/mol. The highest BCUT2D eigenvalue weighted by Gasteiger charge is 2.10. The van der Waals surface area contributed by atoms with Crippen LogP contribution in [0.3, 0.4) is 0 Å². The summed E-state index contributed by atoms with van der Waals surface area (Å²) in [5.41, 5.74) is 1.77. The van der Waals surface area contributed by atoms with E-state index in [9.17, 15) is 13.6 Å². The molecule has 0 saturated carbocycles. The number of fused-ring (bicyclic) bond motifs is 1. The summed E-state index contributed by atoms with van der Waals surface area (Å²) in [7, 11) is 0. The van der Waals surface area contributed by atoms with Gasteiger partial charge >= 0.3 is 6.03 Å². The van der Waals surface area contributed by atoms with E-state index in [-0.39, 0.29) is 18.0 Å². The molecule has 0 aliphatic carbocycles. The van der Waals surface area contributed by atoms with Crippen LogP contribution in [0.25, 0.3) is 11.0 Å². The van der Waals surface area contributed by atoms with Crippen LogP contribution in [0, 0.1) is 11.6 Å². The van der Waals surface area contributed by atoms with Crippen LogP contribution in [0.4, 0.5) is 30.8 Å². The van der Waals surface area contributed by atoms with E-state index in [4.69, 9.17) is 9.84 Å². The highest BCUT2D eigenvalue weighted by molar-refractivity contribution is 5.99. The fraction of sp³-hybridized carbons (Fsp3) is 0.0870. The number of hydrogen-bond donors (Lipinski definition) is 4. The van der Waals surface area contributed by atoms with Crippen molar-refractivity contribution in [2.24, 2.45) is 0 Å². The smallest absolute Gasteiger partial charge is 0.323 e. The molecule has 168 valence electrons. The van der Waals surface area contributed by atoms with Crippen molar-refractivity contribution in [1.29, 1.82) is 0 Å². The van der Waals surface area contributed by atoms with E-state index >= 15 is 0 Å². The average Bonchev–Trinajstić information content (AvgIpc) is 2.80. The van der Waals surface area contributed by atoms with Crippen molar-refractivity contribution < 1.29 is 23.4 Å². The number of amides is 2. The molecular formula is C23H19F2N5O3. The predicted molar refractivity (Wildman–Crippen MR) is 121 cm³/mol. The molecule has 0 atom stereocenters. The number of nitrogens with one attached hydrogen (secondary N) is 3. The predicted octanol–water partition coefficient (Wildman–Crippen LogP) is 4.75. The van der Waals surface area contributed by atoms with Gasteiger partial charge in [-0.05, 0) is 48.5 Å². The maximum atomic E-state index is 14.6. The molecule has 0 radical (unpaired) electrons. The maximum Gasteiger partial charge on any atom is 0.323 e. The Bertz CT molecular complexity index is 1290. The lowest BCUT2D eigenvalue weighted by molar-refractivity contribution is 0.262. The van der Waals surface area contributed by atoms with Crippen LogP contribution in [-0.2, 0) is 0 Å². The Balaban J connectivity index is 1.43. The Kier molecular flexibility index (Phi) is 6.56. The summed E-state index contributed by atoms with van der Waals surface area (Å²) >= 11 is 0. The van der Waals surface area contributed by atoms with Gasteiger partial charge in [0.2, 0.25) is 0 Å². The van der Waals surface area contributed by atoms with Crippen LogP contribution in [0.1, 0.15) is 0 Å². The summed E-state index contributed by atoms with van der Waals surface area (Å²) in [6, 6.07) is 13.6. The monoisotopic (exact) mass is 451 g/mol. The van der Waals surface area contributed by atoms with Gasteiger partial charge in [0.25, 0.3) is 0 Å². The van der Waals surface area contributed by atoms with Crippen LogP contribution in [0.15, 0.2) is 66.9 Å². The summed E-state index contributed by atoms with van der Waals surface area (Å²) in [6.07, 6.45) is 1.55. The van der Waals surface area contributed by atoms with E-state index in [1.54, 1.807) is 24.4 Å². The molecule has 2 amide bonds. The van der Waals surface area contributed by atoms with E-state index < -0.39 is 17.7 Å². The number of carbonyl (C=O) groups excluding carboxylic acids is 1. The number of carbonyl (C=O) groups is 1. The van der Waals surface area contributed by atoms with Crippen molar-refractivity contribution in [2.75, 3.05) is 29.1 Å². The summed E-state index contributed by atoms with van der Waals surface area (Å²) in [5, 5.41) is 16.9. The molecule has 33 heavy (non-hydrogen) atoms. The lowest BCUT2D eigenvalue weighted by Gasteiger charge is -2.11. The minimum absolute atomic E-state index is 0.0404. The number of urea groups is 1. The second kappa shape index (κ2) is 9.88. The minimum atomic E-state index is -0.681. The van der Waals surface area contributed by atoms with Gasteiger partial charge in [-0.2, -0.15) is 0 Å². The average molecular weight is 451 g/mol. The zero-order valence-electron chi connectivity index (χ0n) is 17.2. The van der Waals surface area contributed by atoms with Gasteiger partial charge in [0, 0.05) is 30.1 Å². The fourth-order valence-corrected chi connectivity index (χ4v) is 2.94. The molecule has 3 aromatic carbocycles. The van der Waals surface area contributed by atoms with Crippen molar-refractivity contribution in [3.8, 4) is 11.5 Å². The highest BCUT2D eigenvalue weighted by atomic mass is 19.1. The zero-order chi connectivity index (χ0) is 23.2. The van der Waals surface area contributed by atoms with Gasteiger partial charge in [-0.25, -0.2) is 18.6 Å². The summed E-state index contributed by atoms with van der Waals surface area (Å²) < 4.78 is 33.2. The number of anilines is 3. The largest absolute Gasteiger partial charge is 0.454 e. The van der Waals surface area contributed by atoms with E-state index in [2.05, 4.69) is 25.9 Å². The SMILES string of the molecule is O=C(Nc1ccc(F)cc1)Nc1ccc(Oc2ccc3ncc(NCCO)nc3c2)c(F)c1. The van der Waals surface area contributed by atoms with Crippen molar-refractivity contribution >= 4 is 34.3 Å². The van der Waals surface area contributed by atoms with E-state index in [0.717, 1.165) is 6.07 Å². The topological polar surface area (TPSA) is 108 Å². The fourth-order valence-electron chi connectivity index (χ4n) is 2.94. The summed E-state index contributed by atoms with van der Waals surface area (Å²) in [6.45, 7) is 0.296. The number of rotatable bonds is 7. The molecule has 0 bridgehead atoms. The van der Waals surface area contributed by atoms with Gasteiger partial charge in [-0.15, -0.1) is 0 Å². The first-order chi connectivity index (χ1) is 16.0. The Hall–Kier alpha value is -4.31. The van der Waals surface area contributed by atoms with Crippen molar-refractivity contribution in [3.05, 3.63) is 78.5 Å². The first-order valence-electron chi connectivity index (χ1n) is 9.93. The third-order valence-corrected chi connectivity index (χ3v) is 4.45. The summed E-state index contributed by atoms with van der Waals surface area (Å²) in [4.78, 5) is 20.7. The number of aliphatic hydroxyl groups excluding tert-OH is 1.